The second-order valence-corrected chi connectivity index (χ2v) is 8.49. The van der Waals surface area contributed by atoms with E-state index in [2.05, 4.69) is 20.6 Å². The van der Waals surface area contributed by atoms with E-state index < -0.39 is 5.60 Å². The number of fused-ring (bicyclic) bond motifs is 1. The molecule has 0 aliphatic heterocycles. The molecule has 1 aromatic carbocycles. The van der Waals surface area contributed by atoms with Crippen molar-refractivity contribution in [1.29, 1.82) is 0 Å². The van der Waals surface area contributed by atoms with Gasteiger partial charge >= 0.3 is 6.09 Å². The van der Waals surface area contributed by atoms with Gasteiger partial charge in [-0.05, 0) is 64.3 Å². The Bertz CT molecular complexity index is 835. The predicted octanol–water partition coefficient (Wildman–Crippen LogP) is 4.84. The first-order valence-electron chi connectivity index (χ1n) is 9.41. The van der Waals surface area contributed by atoms with E-state index in [9.17, 15) is 4.79 Å². The standard InChI is InChI=1S/C20H27ClN4O2/c1-12-9-10-14-13(11-12)17(25-18(21)23-14)22-15-7-5-6-8-16(15)24-19(26)27-20(2,3)4/h9-11,15-16H,5-8H2,1-4H3,(H,24,26)(H,22,23,25). The molecule has 1 heterocycles. The Morgan fingerprint density at radius 2 is 1.89 bits per heavy atom. The van der Waals surface area contributed by atoms with Crippen LogP contribution in [0, 0.1) is 6.92 Å². The Balaban J connectivity index is 1.81. The third-order valence-electron chi connectivity index (χ3n) is 4.61. The molecule has 1 aliphatic rings. The summed E-state index contributed by atoms with van der Waals surface area (Å²) in [5.74, 6) is 0.705. The first kappa shape index (κ1) is 19.7. The van der Waals surface area contributed by atoms with Gasteiger partial charge in [-0.2, -0.15) is 0 Å². The summed E-state index contributed by atoms with van der Waals surface area (Å²) in [4.78, 5) is 20.9. The molecule has 2 unspecified atom stereocenters. The smallest absolute Gasteiger partial charge is 0.407 e. The fourth-order valence-electron chi connectivity index (χ4n) is 3.43. The summed E-state index contributed by atoms with van der Waals surface area (Å²) in [6, 6.07) is 6.03. The molecule has 2 atom stereocenters. The molecule has 1 fully saturated rings. The fourth-order valence-corrected chi connectivity index (χ4v) is 3.61. The number of carbonyl (C=O) groups is 1. The molecule has 0 bridgehead atoms. The van der Waals surface area contributed by atoms with E-state index in [1.807, 2.05) is 45.9 Å². The topological polar surface area (TPSA) is 76.1 Å². The number of hydrogen-bond acceptors (Lipinski definition) is 5. The Labute approximate surface area is 165 Å². The SMILES string of the molecule is Cc1ccc2nc(Cl)nc(NC3CCCCC3NC(=O)OC(C)(C)C)c2c1. The van der Waals surface area contributed by atoms with Gasteiger partial charge in [0.25, 0.3) is 0 Å². The second kappa shape index (κ2) is 7.89. The summed E-state index contributed by atoms with van der Waals surface area (Å²) >= 11 is 6.12. The number of aryl methyl sites for hydroxylation is 1. The molecule has 3 rings (SSSR count). The van der Waals surface area contributed by atoms with E-state index in [1.165, 1.54) is 0 Å². The molecule has 146 valence electrons. The van der Waals surface area contributed by atoms with Crippen LogP contribution in [0.4, 0.5) is 10.6 Å². The van der Waals surface area contributed by atoms with Crippen molar-refractivity contribution >= 4 is 34.4 Å². The molecule has 6 nitrogen and oxygen atoms in total. The Morgan fingerprint density at radius 1 is 1.19 bits per heavy atom. The number of aromatic nitrogens is 2. The Kier molecular flexibility index (Phi) is 5.75. The monoisotopic (exact) mass is 390 g/mol. The summed E-state index contributed by atoms with van der Waals surface area (Å²) in [5, 5.41) is 7.67. The van der Waals surface area contributed by atoms with Gasteiger partial charge in [0.2, 0.25) is 5.28 Å². The predicted molar refractivity (Wildman–Crippen MR) is 108 cm³/mol. The van der Waals surface area contributed by atoms with Gasteiger partial charge in [0, 0.05) is 11.4 Å². The molecule has 27 heavy (non-hydrogen) atoms. The van der Waals surface area contributed by atoms with Crippen LogP contribution >= 0.6 is 11.6 Å². The van der Waals surface area contributed by atoms with Crippen molar-refractivity contribution in [2.24, 2.45) is 0 Å². The van der Waals surface area contributed by atoms with Gasteiger partial charge in [-0.1, -0.05) is 24.5 Å². The van der Waals surface area contributed by atoms with E-state index in [1.54, 1.807) is 0 Å². The van der Waals surface area contributed by atoms with Crippen molar-refractivity contribution < 1.29 is 9.53 Å². The van der Waals surface area contributed by atoms with Crippen LogP contribution < -0.4 is 10.6 Å². The van der Waals surface area contributed by atoms with E-state index in [-0.39, 0.29) is 23.5 Å². The zero-order valence-electron chi connectivity index (χ0n) is 16.3. The normalized spacial score (nSPS) is 20.3. The Hall–Kier alpha value is -2.08. The quantitative estimate of drug-likeness (QED) is 0.733. The van der Waals surface area contributed by atoms with Crippen LogP contribution in [0.1, 0.15) is 52.0 Å². The van der Waals surface area contributed by atoms with Crippen molar-refractivity contribution in [3.8, 4) is 0 Å². The summed E-state index contributed by atoms with van der Waals surface area (Å²) in [6.07, 6.45) is 3.62. The highest BCUT2D eigenvalue weighted by molar-refractivity contribution is 6.28. The lowest BCUT2D eigenvalue weighted by Gasteiger charge is -2.34. The third kappa shape index (κ3) is 5.22. The minimum atomic E-state index is -0.518. The van der Waals surface area contributed by atoms with Gasteiger partial charge in [-0.15, -0.1) is 0 Å². The number of alkyl carbamates (subject to hydrolysis) is 1. The molecule has 7 heteroatoms. The number of amides is 1. The highest BCUT2D eigenvalue weighted by atomic mass is 35.5. The van der Waals surface area contributed by atoms with E-state index in [4.69, 9.17) is 16.3 Å². The van der Waals surface area contributed by atoms with Crippen LogP contribution in [-0.2, 0) is 4.74 Å². The van der Waals surface area contributed by atoms with Gasteiger partial charge in [-0.25, -0.2) is 14.8 Å². The van der Waals surface area contributed by atoms with Crippen LogP contribution in [0.25, 0.3) is 10.9 Å². The number of nitrogens with zero attached hydrogens (tertiary/aromatic N) is 2. The van der Waals surface area contributed by atoms with Gasteiger partial charge in [-0.3, -0.25) is 0 Å². The van der Waals surface area contributed by atoms with Crippen LogP contribution in [-0.4, -0.2) is 33.7 Å². The van der Waals surface area contributed by atoms with E-state index >= 15 is 0 Å². The maximum atomic E-state index is 12.2. The maximum absolute atomic E-state index is 12.2. The molecule has 0 saturated heterocycles. The van der Waals surface area contributed by atoms with Crippen LogP contribution in [0.3, 0.4) is 0 Å². The largest absolute Gasteiger partial charge is 0.444 e. The summed E-state index contributed by atoms with van der Waals surface area (Å²) in [6.45, 7) is 7.62. The third-order valence-corrected chi connectivity index (χ3v) is 4.78. The van der Waals surface area contributed by atoms with Crippen molar-refractivity contribution in [3.05, 3.63) is 29.0 Å². The Morgan fingerprint density at radius 3 is 2.59 bits per heavy atom. The second-order valence-electron chi connectivity index (χ2n) is 8.15. The number of rotatable bonds is 3. The number of carbonyl (C=O) groups excluding carboxylic acids is 1. The lowest BCUT2D eigenvalue weighted by atomic mass is 9.90. The minimum Gasteiger partial charge on any atom is -0.444 e. The van der Waals surface area contributed by atoms with Gasteiger partial charge in [0.05, 0.1) is 11.6 Å². The first-order chi connectivity index (χ1) is 12.7. The maximum Gasteiger partial charge on any atom is 0.407 e. The van der Waals surface area contributed by atoms with Crippen molar-refractivity contribution in [2.75, 3.05) is 5.32 Å². The summed E-state index contributed by atoms with van der Waals surface area (Å²) in [7, 11) is 0. The van der Waals surface area contributed by atoms with E-state index in [0.717, 1.165) is 42.1 Å². The van der Waals surface area contributed by atoms with E-state index in [0.29, 0.717) is 5.82 Å². The first-order valence-corrected chi connectivity index (χ1v) is 9.79. The summed E-state index contributed by atoms with van der Waals surface area (Å²) in [5.41, 5.74) is 1.41. The lowest BCUT2D eigenvalue weighted by molar-refractivity contribution is 0.0488. The molecule has 0 spiro atoms. The van der Waals surface area contributed by atoms with Crippen molar-refractivity contribution in [3.63, 3.8) is 0 Å². The average Bonchev–Trinajstić information content (AvgIpc) is 2.55. The minimum absolute atomic E-state index is 0.0257. The van der Waals surface area contributed by atoms with Gasteiger partial charge in [0.15, 0.2) is 0 Å². The number of benzene rings is 1. The molecule has 2 N–H and O–H groups in total. The number of hydrogen-bond donors (Lipinski definition) is 2. The average molecular weight is 391 g/mol. The van der Waals surface area contributed by atoms with Crippen molar-refractivity contribution in [1.82, 2.24) is 15.3 Å². The highest BCUT2D eigenvalue weighted by Gasteiger charge is 2.29. The lowest BCUT2D eigenvalue weighted by Crippen LogP contribution is -2.49. The molecular formula is C20H27ClN4O2. The molecule has 1 amide bonds. The molecule has 0 radical (unpaired) electrons. The molecule has 1 saturated carbocycles. The molecule has 1 aromatic heterocycles. The molecular weight excluding hydrogens is 364 g/mol. The van der Waals surface area contributed by atoms with Crippen LogP contribution in [0.15, 0.2) is 18.2 Å². The van der Waals surface area contributed by atoms with Gasteiger partial charge < -0.3 is 15.4 Å². The number of nitrogens with one attached hydrogen (secondary N) is 2. The number of ether oxygens (including phenoxy) is 1. The highest BCUT2D eigenvalue weighted by Crippen LogP contribution is 2.27. The van der Waals surface area contributed by atoms with Crippen molar-refractivity contribution in [2.45, 2.75) is 71.1 Å². The zero-order valence-corrected chi connectivity index (χ0v) is 17.1. The van der Waals surface area contributed by atoms with Gasteiger partial charge in [0.1, 0.15) is 11.4 Å². The number of anilines is 1. The summed E-state index contributed by atoms with van der Waals surface area (Å²) < 4.78 is 5.42. The zero-order chi connectivity index (χ0) is 19.6. The number of halogens is 1. The van der Waals surface area contributed by atoms with Crippen LogP contribution in [0.2, 0.25) is 5.28 Å². The van der Waals surface area contributed by atoms with Crippen LogP contribution in [0.5, 0.6) is 0 Å². The molecule has 1 aliphatic carbocycles. The fraction of sp³-hybridized carbons (Fsp3) is 0.550. The molecule has 2 aromatic rings.